The minimum absolute atomic E-state index is 0.0775. The van der Waals surface area contributed by atoms with Crippen LogP contribution in [-0.4, -0.2) is 18.4 Å². The summed E-state index contributed by atoms with van der Waals surface area (Å²) < 4.78 is 18.5. The number of halogens is 1. The van der Waals surface area contributed by atoms with E-state index in [0.717, 1.165) is 5.56 Å². The van der Waals surface area contributed by atoms with Gasteiger partial charge in [0.15, 0.2) is 11.6 Å². The molecule has 0 unspecified atom stereocenters. The molecule has 6 heteroatoms. The second-order valence-electron chi connectivity index (χ2n) is 4.87. The molecule has 2 aromatic carbocycles. The quantitative estimate of drug-likeness (QED) is 0.820. The van der Waals surface area contributed by atoms with Crippen LogP contribution in [0.25, 0.3) is 0 Å². The van der Waals surface area contributed by atoms with Gasteiger partial charge in [-0.25, -0.2) is 4.39 Å². The van der Waals surface area contributed by atoms with E-state index in [9.17, 15) is 14.0 Å². The molecule has 5 nitrogen and oxygen atoms in total. The molecule has 0 aromatic heterocycles. The molecule has 0 saturated carbocycles. The highest BCUT2D eigenvalue weighted by molar-refractivity contribution is 5.92. The largest absolute Gasteiger partial charge is 0.490 e. The predicted octanol–water partition coefficient (Wildman–Crippen LogP) is 2.01. The summed E-state index contributed by atoms with van der Waals surface area (Å²) in [5, 5.41) is 2.70. The normalized spacial score (nSPS) is 10.1. The number of benzene rings is 2. The Balaban J connectivity index is 1.76. The lowest BCUT2D eigenvalue weighted by atomic mass is 10.1. The molecule has 0 atom stereocenters. The number of nitrogens with one attached hydrogen (secondary N) is 1. The molecule has 0 aliphatic rings. The summed E-state index contributed by atoms with van der Waals surface area (Å²) in [5.74, 6) is -1.09. The predicted molar refractivity (Wildman–Crippen MR) is 83.3 cm³/mol. The van der Waals surface area contributed by atoms with Gasteiger partial charge in [0.05, 0.1) is 13.0 Å². The summed E-state index contributed by atoms with van der Waals surface area (Å²) in [4.78, 5) is 22.8. The molecule has 0 aliphatic carbocycles. The van der Waals surface area contributed by atoms with Crippen LogP contribution in [-0.2, 0) is 11.3 Å². The molecule has 2 rings (SSSR count). The van der Waals surface area contributed by atoms with Crippen LogP contribution in [0.2, 0.25) is 0 Å². The Hall–Kier alpha value is -2.89. The molecular formula is C17H17FN2O3. The zero-order valence-corrected chi connectivity index (χ0v) is 12.4. The van der Waals surface area contributed by atoms with Crippen molar-refractivity contribution in [3.63, 3.8) is 0 Å². The van der Waals surface area contributed by atoms with Crippen LogP contribution in [0.3, 0.4) is 0 Å². The molecule has 0 aliphatic heterocycles. The molecular weight excluding hydrogens is 299 g/mol. The van der Waals surface area contributed by atoms with E-state index in [1.54, 1.807) is 36.4 Å². The van der Waals surface area contributed by atoms with Crippen molar-refractivity contribution in [2.75, 3.05) is 6.61 Å². The summed E-state index contributed by atoms with van der Waals surface area (Å²) in [6, 6.07) is 12.7. The average molecular weight is 316 g/mol. The first kappa shape index (κ1) is 16.5. The van der Waals surface area contributed by atoms with E-state index < -0.39 is 11.7 Å². The average Bonchev–Trinajstić information content (AvgIpc) is 2.55. The zero-order chi connectivity index (χ0) is 16.7. The van der Waals surface area contributed by atoms with Crippen LogP contribution in [0.15, 0.2) is 48.5 Å². The number of ether oxygens (including phenoxy) is 1. The molecule has 0 saturated heterocycles. The number of para-hydroxylation sites is 1. The van der Waals surface area contributed by atoms with Crippen molar-refractivity contribution in [2.24, 2.45) is 5.73 Å². The Morgan fingerprint density at radius 2 is 1.91 bits per heavy atom. The van der Waals surface area contributed by atoms with Gasteiger partial charge in [0.2, 0.25) is 11.8 Å². The van der Waals surface area contributed by atoms with Crippen molar-refractivity contribution in [1.82, 2.24) is 5.32 Å². The van der Waals surface area contributed by atoms with Gasteiger partial charge in [-0.15, -0.1) is 0 Å². The maximum atomic E-state index is 13.3. The molecule has 3 N–H and O–H groups in total. The third-order valence-electron chi connectivity index (χ3n) is 3.12. The zero-order valence-electron chi connectivity index (χ0n) is 12.4. The highest BCUT2D eigenvalue weighted by Crippen LogP contribution is 2.15. The number of nitrogens with two attached hydrogens (primary N) is 1. The summed E-state index contributed by atoms with van der Waals surface area (Å²) in [5.41, 5.74) is 6.36. The number of carbonyl (C=O) groups excluding carboxylic acids is 2. The molecule has 120 valence electrons. The summed E-state index contributed by atoms with van der Waals surface area (Å²) in [6.07, 6.45) is 0.101. The SMILES string of the molecule is NC(=O)c1cccc(CNC(=O)CCOc2ccccc2F)c1. The second kappa shape index (κ2) is 7.93. The van der Waals surface area contributed by atoms with Crippen LogP contribution < -0.4 is 15.8 Å². The fourth-order valence-electron chi connectivity index (χ4n) is 1.94. The Bertz CT molecular complexity index is 704. The highest BCUT2D eigenvalue weighted by Gasteiger charge is 2.06. The van der Waals surface area contributed by atoms with Crippen molar-refractivity contribution in [2.45, 2.75) is 13.0 Å². The lowest BCUT2D eigenvalue weighted by molar-refractivity contribution is -0.121. The Morgan fingerprint density at radius 1 is 1.13 bits per heavy atom. The van der Waals surface area contributed by atoms with Crippen molar-refractivity contribution in [3.05, 3.63) is 65.5 Å². The molecule has 0 spiro atoms. The van der Waals surface area contributed by atoms with Gasteiger partial charge in [0.1, 0.15) is 0 Å². The van der Waals surface area contributed by atoms with E-state index in [2.05, 4.69) is 5.32 Å². The van der Waals surface area contributed by atoms with Gasteiger partial charge < -0.3 is 15.8 Å². The Kier molecular flexibility index (Phi) is 5.68. The monoisotopic (exact) mass is 316 g/mol. The van der Waals surface area contributed by atoms with Gasteiger partial charge in [-0.2, -0.15) is 0 Å². The van der Waals surface area contributed by atoms with Crippen LogP contribution >= 0.6 is 0 Å². The van der Waals surface area contributed by atoms with Crippen molar-refractivity contribution < 1.29 is 18.7 Å². The molecule has 2 aromatic rings. The van der Waals surface area contributed by atoms with Gasteiger partial charge in [-0.3, -0.25) is 9.59 Å². The van der Waals surface area contributed by atoms with Crippen LogP contribution in [0.4, 0.5) is 4.39 Å². The van der Waals surface area contributed by atoms with Crippen molar-refractivity contribution in [1.29, 1.82) is 0 Å². The molecule has 0 fully saturated rings. The number of hydrogen-bond acceptors (Lipinski definition) is 3. The maximum Gasteiger partial charge on any atom is 0.248 e. The fourth-order valence-corrected chi connectivity index (χ4v) is 1.94. The van der Waals surface area contributed by atoms with Crippen LogP contribution in [0, 0.1) is 5.82 Å². The standard InChI is InChI=1S/C17H17FN2O3/c18-14-6-1-2-7-15(14)23-9-8-16(21)20-11-12-4-3-5-13(10-12)17(19)22/h1-7,10H,8-9,11H2,(H2,19,22)(H,20,21). The van der Waals surface area contributed by atoms with Crippen LogP contribution in [0.1, 0.15) is 22.3 Å². The molecule has 0 radical (unpaired) electrons. The van der Waals surface area contributed by atoms with Gasteiger partial charge in [-0.1, -0.05) is 24.3 Å². The van der Waals surface area contributed by atoms with Gasteiger partial charge in [0, 0.05) is 12.1 Å². The number of rotatable bonds is 7. The molecule has 0 bridgehead atoms. The van der Waals surface area contributed by atoms with E-state index in [4.69, 9.17) is 10.5 Å². The minimum atomic E-state index is -0.517. The molecule has 2 amide bonds. The van der Waals surface area contributed by atoms with E-state index in [0.29, 0.717) is 5.56 Å². The molecule has 23 heavy (non-hydrogen) atoms. The minimum Gasteiger partial charge on any atom is -0.490 e. The first-order chi connectivity index (χ1) is 11.1. The number of amides is 2. The van der Waals surface area contributed by atoms with E-state index in [1.807, 2.05) is 0 Å². The van der Waals surface area contributed by atoms with Crippen LogP contribution in [0.5, 0.6) is 5.75 Å². The maximum absolute atomic E-state index is 13.3. The fraction of sp³-hybridized carbons (Fsp3) is 0.176. The summed E-state index contributed by atoms with van der Waals surface area (Å²) in [6.45, 7) is 0.355. The first-order valence-corrected chi connectivity index (χ1v) is 7.09. The lowest BCUT2D eigenvalue weighted by Gasteiger charge is -2.08. The second-order valence-corrected chi connectivity index (χ2v) is 4.87. The highest BCUT2D eigenvalue weighted by atomic mass is 19.1. The Labute approximate surface area is 133 Å². The van der Waals surface area contributed by atoms with E-state index in [1.165, 1.54) is 12.1 Å². The first-order valence-electron chi connectivity index (χ1n) is 7.09. The van der Waals surface area contributed by atoms with Gasteiger partial charge in [0.25, 0.3) is 0 Å². The lowest BCUT2D eigenvalue weighted by Crippen LogP contribution is -2.24. The van der Waals surface area contributed by atoms with Gasteiger partial charge >= 0.3 is 0 Å². The topological polar surface area (TPSA) is 81.4 Å². The number of carbonyl (C=O) groups is 2. The van der Waals surface area contributed by atoms with E-state index in [-0.39, 0.29) is 31.2 Å². The Morgan fingerprint density at radius 3 is 2.65 bits per heavy atom. The molecule has 0 heterocycles. The van der Waals surface area contributed by atoms with E-state index >= 15 is 0 Å². The summed E-state index contributed by atoms with van der Waals surface area (Å²) in [7, 11) is 0. The number of hydrogen-bond donors (Lipinski definition) is 2. The summed E-state index contributed by atoms with van der Waals surface area (Å²) >= 11 is 0. The third kappa shape index (κ3) is 5.10. The van der Waals surface area contributed by atoms with Crippen molar-refractivity contribution in [3.8, 4) is 5.75 Å². The van der Waals surface area contributed by atoms with Gasteiger partial charge in [-0.05, 0) is 29.8 Å². The third-order valence-corrected chi connectivity index (χ3v) is 3.12. The van der Waals surface area contributed by atoms with Crippen molar-refractivity contribution >= 4 is 11.8 Å². The number of primary amides is 1. The smallest absolute Gasteiger partial charge is 0.248 e.